The zero-order valence-electron chi connectivity index (χ0n) is 12.9. The van der Waals surface area contributed by atoms with Crippen LogP contribution in [0.2, 0.25) is 0 Å². The van der Waals surface area contributed by atoms with Crippen molar-refractivity contribution in [1.82, 2.24) is 5.32 Å². The molecule has 0 aromatic carbocycles. The zero-order chi connectivity index (χ0) is 19.3. The molecule has 0 aliphatic carbocycles. The van der Waals surface area contributed by atoms with Crippen molar-refractivity contribution < 1.29 is 40.2 Å². The third-order valence-electron chi connectivity index (χ3n) is 2.75. The van der Waals surface area contributed by atoms with Crippen molar-refractivity contribution in [2.75, 3.05) is 13.2 Å². The fourth-order valence-electron chi connectivity index (χ4n) is 1.29. The van der Waals surface area contributed by atoms with Crippen LogP contribution in [0.3, 0.4) is 0 Å². The molecule has 12 N–H and O–H groups in total. The molecule has 142 valence electrons. The normalized spacial score (nSPS) is 16.6. The summed E-state index contributed by atoms with van der Waals surface area (Å²) in [6, 6.07) is -0.821. The summed E-state index contributed by atoms with van der Waals surface area (Å²) in [5.74, 6) is -1.11. The summed E-state index contributed by atoms with van der Waals surface area (Å²) in [4.78, 5) is 20.1. The predicted molar refractivity (Wildman–Crippen MR) is 81.9 cm³/mol. The number of carboxylic acids is 1. The van der Waals surface area contributed by atoms with Crippen LogP contribution in [-0.4, -0.2) is 92.5 Å². The number of nitrogens with two attached hydrogens (primary N) is 2. The van der Waals surface area contributed by atoms with Gasteiger partial charge in [-0.1, -0.05) is 0 Å². The number of nitrogens with one attached hydrogen (secondary N) is 2. The Bertz CT molecular complexity index is 384. The maximum atomic E-state index is 10.2. The van der Waals surface area contributed by atoms with Crippen molar-refractivity contribution >= 4 is 18.2 Å². The van der Waals surface area contributed by atoms with E-state index in [-0.39, 0.29) is 12.2 Å². The molecule has 12 heteroatoms. The number of aliphatic hydroxyl groups excluding tert-OH is 5. The molecule has 0 saturated carbocycles. The van der Waals surface area contributed by atoms with E-state index >= 15 is 0 Å². The summed E-state index contributed by atoms with van der Waals surface area (Å²) in [5.41, 5.74) is 10.2. The second kappa shape index (κ2) is 13.6. The molecule has 0 bridgehead atoms. The van der Waals surface area contributed by atoms with E-state index in [0.29, 0.717) is 19.4 Å². The van der Waals surface area contributed by atoms with Crippen molar-refractivity contribution in [2.24, 2.45) is 11.5 Å². The van der Waals surface area contributed by atoms with Gasteiger partial charge in [0.1, 0.15) is 30.5 Å². The van der Waals surface area contributed by atoms with E-state index in [4.69, 9.17) is 47.5 Å². The summed E-state index contributed by atoms with van der Waals surface area (Å²) in [5, 5.41) is 61.3. The van der Waals surface area contributed by atoms with Gasteiger partial charge >= 0.3 is 5.97 Å². The van der Waals surface area contributed by atoms with Crippen LogP contribution < -0.4 is 16.8 Å². The SMILES string of the molecule is N=C(N)NCCCC(N)C(=O)O.O=C[C@H](O)[C@@H](O)[C@@H](O)[C@H](O)CO. The van der Waals surface area contributed by atoms with Crippen LogP contribution in [0.5, 0.6) is 0 Å². The Morgan fingerprint density at radius 2 is 1.75 bits per heavy atom. The summed E-state index contributed by atoms with van der Waals surface area (Å²) in [6.07, 6.45) is -5.86. The van der Waals surface area contributed by atoms with Gasteiger partial charge in [0, 0.05) is 6.54 Å². The van der Waals surface area contributed by atoms with Gasteiger partial charge in [0.15, 0.2) is 12.2 Å². The number of guanidine groups is 1. The lowest BCUT2D eigenvalue weighted by atomic mass is 10.0. The summed E-state index contributed by atoms with van der Waals surface area (Å²) in [7, 11) is 0. The maximum Gasteiger partial charge on any atom is 0.320 e. The van der Waals surface area contributed by atoms with Gasteiger partial charge in [-0.15, -0.1) is 0 Å². The molecule has 0 rings (SSSR count). The molecule has 0 aliphatic rings. The van der Waals surface area contributed by atoms with Crippen LogP contribution in [0.4, 0.5) is 0 Å². The maximum absolute atomic E-state index is 10.2. The van der Waals surface area contributed by atoms with Crippen molar-refractivity contribution in [3.8, 4) is 0 Å². The minimum absolute atomic E-state index is 0.0258. The van der Waals surface area contributed by atoms with Crippen molar-refractivity contribution in [1.29, 1.82) is 5.41 Å². The minimum Gasteiger partial charge on any atom is -0.480 e. The number of carboxylic acid groups (broad SMARTS) is 1. The van der Waals surface area contributed by atoms with Crippen molar-refractivity contribution in [3.05, 3.63) is 0 Å². The van der Waals surface area contributed by atoms with Gasteiger partial charge in [-0.05, 0) is 12.8 Å². The highest BCUT2D eigenvalue weighted by Crippen LogP contribution is 2.02. The van der Waals surface area contributed by atoms with Crippen LogP contribution in [0.15, 0.2) is 0 Å². The smallest absolute Gasteiger partial charge is 0.320 e. The topological polar surface area (TPSA) is 243 Å². The zero-order valence-corrected chi connectivity index (χ0v) is 12.9. The highest BCUT2D eigenvalue weighted by molar-refractivity contribution is 5.74. The third-order valence-corrected chi connectivity index (χ3v) is 2.75. The van der Waals surface area contributed by atoms with E-state index in [1.165, 1.54) is 0 Å². The quantitative estimate of drug-likeness (QED) is 0.0772. The van der Waals surface area contributed by atoms with Gasteiger partial charge < -0.3 is 52.2 Å². The van der Waals surface area contributed by atoms with Gasteiger partial charge in [-0.2, -0.15) is 0 Å². The van der Waals surface area contributed by atoms with E-state index in [1.807, 2.05) is 0 Å². The number of hydrogen-bond acceptors (Lipinski definition) is 9. The van der Waals surface area contributed by atoms with Gasteiger partial charge in [0.25, 0.3) is 0 Å². The van der Waals surface area contributed by atoms with Gasteiger partial charge in [-0.25, -0.2) is 0 Å². The molecule has 12 nitrogen and oxygen atoms in total. The molecule has 0 aromatic rings. The Labute approximate surface area is 138 Å². The number of aliphatic carboxylic acids is 1. The van der Waals surface area contributed by atoms with Gasteiger partial charge in [0.2, 0.25) is 0 Å². The number of rotatable bonds is 10. The summed E-state index contributed by atoms with van der Waals surface area (Å²) >= 11 is 0. The lowest BCUT2D eigenvalue weighted by Crippen LogP contribution is -2.46. The number of aldehydes is 1. The first-order chi connectivity index (χ1) is 11.1. The van der Waals surface area contributed by atoms with E-state index in [0.717, 1.165) is 0 Å². The lowest BCUT2D eigenvalue weighted by Gasteiger charge is -2.22. The Hall–Kier alpha value is -1.83. The fourth-order valence-corrected chi connectivity index (χ4v) is 1.29. The Morgan fingerprint density at radius 3 is 2.12 bits per heavy atom. The fraction of sp³-hybridized carbons (Fsp3) is 0.750. The largest absolute Gasteiger partial charge is 0.480 e. The molecule has 24 heavy (non-hydrogen) atoms. The third kappa shape index (κ3) is 11.7. The first-order valence-electron chi connectivity index (χ1n) is 6.93. The second-order valence-corrected chi connectivity index (χ2v) is 4.79. The molecule has 0 aliphatic heterocycles. The average molecular weight is 354 g/mol. The standard InChI is InChI=1S/C6H14N4O2.C6H12O6/c7-4(5(11)12)2-1-3-10-6(8)9;7-1-3(9)5(11)6(12)4(10)2-8/h4H,1-3,7H2,(H,11,12)(H4,8,9,10);1,3-6,8-12H,2H2/t;3-,4+,5+,6-/m.0/s1. The first kappa shape index (κ1) is 24.4. The molecule has 0 saturated heterocycles. The van der Waals surface area contributed by atoms with Crippen LogP contribution in [0.25, 0.3) is 0 Å². The van der Waals surface area contributed by atoms with E-state index in [2.05, 4.69) is 5.32 Å². The highest BCUT2D eigenvalue weighted by atomic mass is 16.4. The lowest BCUT2D eigenvalue weighted by molar-refractivity contribution is -0.138. The average Bonchev–Trinajstić information content (AvgIpc) is 2.55. The monoisotopic (exact) mass is 354 g/mol. The van der Waals surface area contributed by atoms with E-state index in [9.17, 15) is 9.59 Å². The molecule has 0 aromatic heterocycles. The van der Waals surface area contributed by atoms with Gasteiger partial charge in [0.05, 0.1) is 6.61 Å². The van der Waals surface area contributed by atoms with Crippen molar-refractivity contribution in [2.45, 2.75) is 43.3 Å². The number of carbonyl (C=O) groups excluding carboxylic acids is 1. The molecule has 0 heterocycles. The highest BCUT2D eigenvalue weighted by Gasteiger charge is 2.29. The van der Waals surface area contributed by atoms with Crippen LogP contribution in [-0.2, 0) is 9.59 Å². The van der Waals surface area contributed by atoms with Crippen molar-refractivity contribution in [3.63, 3.8) is 0 Å². The van der Waals surface area contributed by atoms with Crippen LogP contribution in [0.1, 0.15) is 12.8 Å². The van der Waals surface area contributed by atoms with E-state index in [1.54, 1.807) is 0 Å². The Morgan fingerprint density at radius 1 is 1.21 bits per heavy atom. The van der Waals surface area contributed by atoms with Crippen LogP contribution in [0, 0.1) is 5.41 Å². The molecule has 0 spiro atoms. The minimum atomic E-state index is -1.79. The summed E-state index contributed by atoms with van der Waals surface area (Å²) in [6.45, 7) is -0.278. The number of hydrogen-bond donors (Lipinski definition) is 10. The Kier molecular flexibility index (Phi) is 13.8. The summed E-state index contributed by atoms with van der Waals surface area (Å²) < 4.78 is 0. The number of carbonyl (C=O) groups is 2. The Balaban J connectivity index is 0. The molecule has 0 radical (unpaired) electrons. The van der Waals surface area contributed by atoms with Gasteiger partial charge in [-0.3, -0.25) is 10.2 Å². The van der Waals surface area contributed by atoms with Crippen LogP contribution >= 0.6 is 0 Å². The molecular formula is C12H26N4O8. The predicted octanol–water partition coefficient (Wildman–Crippen LogP) is -4.72. The molecular weight excluding hydrogens is 328 g/mol. The van der Waals surface area contributed by atoms with E-state index < -0.39 is 43.0 Å². The molecule has 0 amide bonds. The molecule has 0 fully saturated rings. The first-order valence-corrected chi connectivity index (χ1v) is 6.93. The molecule has 5 atom stereocenters. The second-order valence-electron chi connectivity index (χ2n) is 4.79. The molecule has 1 unspecified atom stereocenters. The number of aliphatic hydroxyl groups is 5.